The highest BCUT2D eigenvalue weighted by Gasteiger charge is 2.31. The number of amides is 1. The van der Waals surface area contributed by atoms with Gasteiger partial charge >= 0.3 is 0 Å². The summed E-state index contributed by atoms with van der Waals surface area (Å²) in [4.78, 5) is 26.3. The van der Waals surface area contributed by atoms with E-state index in [0.29, 0.717) is 12.8 Å². The van der Waals surface area contributed by atoms with Crippen LogP contribution in [0.25, 0.3) is 0 Å². The lowest BCUT2D eigenvalue weighted by molar-refractivity contribution is -0.132. The molecule has 0 radical (unpaired) electrons. The second-order valence-electron chi connectivity index (χ2n) is 13.8. The summed E-state index contributed by atoms with van der Waals surface area (Å²) >= 11 is 0. The van der Waals surface area contributed by atoms with Gasteiger partial charge in [-0.25, -0.2) is 0 Å². The van der Waals surface area contributed by atoms with E-state index in [2.05, 4.69) is 93.7 Å². The SMILES string of the molecule is CC(C)(C)CCC(NC(=O)C(CCNC(C)(C)C)CC(C)(C)C)C(=O)CC(C)(C)C. The number of hydrogen-bond acceptors (Lipinski definition) is 3. The second-order valence-corrected chi connectivity index (χ2v) is 13.8. The molecule has 0 saturated carbocycles. The number of Topliss-reactive ketones (excluding diaryl/α,β-unsaturated/α-hetero) is 1. The highest BCUT2D eigenvalue weighted by molar-refractivity contribution is 5.90. The molecule has 178 valence electrons. The van der Waals surface area contributed by atoms with E-state index in [4.69, 9.17) is 0 Å². The number of rotatable bonds is 10. The lowest BCUT2D eigenvalue weighted by Crippen LogP contribution is -2.46. The topological polar surface area (TPSA) is 58.2 Å². The largest absolute Gasteiger partial charge is 0.346 e. The third-order valence-corrected chi connectivity index (χ3v) is 4.97. The summed E-state index contributed by atoms with van der Waals surface area (Å²) in [7, 11) is 0. The average Bonchev–Trinajstić information content (AvgIpc) is 2.44. The van der Waals surface area contributed by atoms with E-state index in [-0.39, 0.29) is 39.4 Å². The van der Waals surface area contributed by atoms with Crippen LogP contribution >= 0.6 is 0 Å². The molecule has 0 fully saturated rings. The summed E-state index contributed by atoms with van der Waals surface area (Å²) in [6.45, 7) is 26.5. The van der Waals surface area contributed by atoms with Gasteiger partial charge in [-0.1, -0.05) is 62.3 Å². The van der Waals surface area contributed by atoms with Crippen molar-refractivity contribution in [2.24, 2.45) is 22.2 Å². The van der Waals surface area contributed by atoms with Crippen LogP contribution in [0.1, 0.15) is 115 Å². The Kier molecular flexibility index (Phi) is 10.8. The van der Waals surface area contributed by atoms with E-state index in [0.717, 1.165) is 25.8 Å². The van der Waals surface area contributed by atoms with E-state index in [1.54, 1.807) is 0 Å². The van der Waals surface area contributed by atoms with Gasteiger partial charge in [0.1, 0.15) is 0 Å². The zero-order chi connectivity index (χ0) is 24.0. The number of ketones is 1. The smallest absolute Gasteiger partial charge is 0.223 e. The maximum atomic E-state index is 13.3. The third-order valence-electron chi connectivity index (χ3n) is 4.97. The van der Waals surface area contributed by atoms with Crippen LogP contribution in [0.15, 0.2) is 0 Å². The summed E-state index contributed by atoms with van der Waals surface area (Å²) < 4.78 is 0. The van der Waals surface area contributed by atoms with Crippen molar-refractivity contribution in [3.63, 3.8) is 0 Å². The Balaban J connectivity index is 5.36. The molecule has 0 aliphatic carbocycles. The van der Waals surface area contributed by atoms with Crippen molar-refractivity contribution in [2.45, 2.75) is 127 Å². The molecule has 4 heteroatoms. The first-order valence-corrected chi connectivity index (χ1v) is 11.8. The van der Waals surface area contributed by atoms with Gasteiger partial charge in [-0.05, 0) is 69.2 Å². The molecule has 0 aromatic heterocycles. The van der Waals surface area contributed by atoms with E-state index >= 15 is 0 Å². The molecule has 2 unspecified atom stereocenters. The van der Waals surface area contributed by atoms with Crippen molar-refractivity contribution < 1.29 is 9.59 Å². The summed E-state index contributed by atoms with van der Waals surface area (Å²) in [6.07, 6.45) is 3.68. The third kappa shape index (κ3) is 15.9. The van der Waals surface area contributed by atoms with Crippen molar-refractivity contribution in [1.82, 2.24) is 10.6 Å². The fourth-order valence-corrected chi connectivity index (χ4v) is 3.51. The minimum absolute atomic E-state index is 0.0284. The zero-order valence-corrected chi connectivity index (χ0v) is 22.2. The van der Waals surface area contributed by atoms with Gasteiger partial charge in [0.05, 0.1) is 6.04 Å². The Morgan fingerprint density at radius 3 is 1.67 bits per heavy atom. The van der Waals surface area contributed by atoms with E-state index in [9.17, 15) is 9.59 Å². The molecule has 2 atom stereocenters. The molecule has 0 saturated heterocycles. The van der Waals surface area contributed by atoms with Crippen LogP contribution in [0.2, 0.25) is 0 Å². The fourth-order valence-electron chi connectivity index (χ4n) is 3.51. The van der Waals surface area contributed by atoms with Crippen LogP contribution in [-0.4, -0.2) is 29.8 Å². The van der Waals surface area contributed by atoms with Crippen LogP contribution in [-0.2, 0) is 9.59 Å². The van der Waals surface area contributed by atoms with Gasteiger partial charge in [-0.15, -0.1) is 0 Å². The number of nitrogens with one attached hydrogen (secondary N) is 2. The Hall–Kier alpha value is -0.900. The molecule has 0 rings (SSSR count). The zero-order valence-electron chi connectivity index (χ0n) is 22.2. The predicted octanol–water partition coefficient (Wildman–Crippen LogP) is 6.13. The summed E-state index contributed by atoms with van der Waals surface area (Å²) in [5, 5.41) is 6.66. The van der Waals surface area contributed by atoms with Crippen LogP contribution in [0.3, 0.4) is 0 Å². The van der Waals surface area contributed by atoms with E-state index < -0.39 is 6.04 Å². The molecular formula is C26H52N2O2. The molecule has 0 aromatic rings. The minimum atomic E-state index is -0.394. The van der Waals surface area contributed by atoms with E-state index in [1.807, 2.05) is 0 Å². The monoisotopic (exact) mass is 424 g/mol. The van der Waals surface area contributed by atoms with Crippen LogP contribution in [0, 0.1) is 22.2 Å². The molecule has 0 aliphatic heterocycles. The quantitative estimate of drug-likeness (QED) is 0.443. The second kappa shape index (κ2) is 11.1. The van der Waals surface area contributed by atoms with Crippen LogP contribution in [0.5, 0.6) is 0 Å². The average molecular weight is 425 g/mol. The Morgan fingerprint density at radius 2 is 1.27 bits per heavy atom. The van der Waals surface area contributed by atoms with Crippen molar-refractivity contribution >= 4 is 11.7 Å². The Bertz CT molecular complexity index is 539. The molecule has 30 heavy (non-hydrogen) atoms. The molecule has 0 aliphatic rings. The van der Waals surface area contributed by atoms with Gasteiger partial charge in [0, 0.05) is 17.9 Å². The lowest BCUT2D eigenvalue weighted by Gasteiger charge is -2.30. The highest BCUT2D eigenvalue weighted by Crippen LogP contribution is 2.28. The highest BCUT2D eigenvalue weighted by atomic mass is 16.2. The molecule has 1 amide bonds. The summed E-state index contributed by atoms with van der Waals surface area (Å²) in [5.74, 6) is 0.0867. The number of carbonyl (C=O) groups excluding carboxylic acids is 2. The molecular weight excluding hydrogens is 372 g/mol. The molecule has 2 N–H and O–H groups in total. The molecule has 0 heterocycles. The van der Waals surface area contributed by atoms with Crippen LogP contribution in [0.4, 0.5) is 0 Å². The standard InChI is InChI=1S/C26H52N2O2/c1-23(2,3)15-13-20(21(29)18-25(7,8)9)28-22(30)19(17-24(4,5)6)14-16-27-26(10,11)12/h19-20,27H,13-18H2,1-12H3,(H,28,30). The Morgan fingerprint density at radius 1 is 0.733 bits per heavy atom. The van der Waals surface area contributed by atoms with E-state index in [1.165, 1.54) is 0 Å². The maximum Gasteiger partial charge on any atom is 0.223 e. The van der Waals surface area contributed by atoms with Crippen molar-refractivity contribution in [1.29, 1.82) is 0 Å². The van der Waals surface area contributed by atoms with Gasteiger partial charge in [0.25, 0.3) is 0 Å². The minimum Gasteiger partial charge on any atom is -0.346 e. The first kappa shape index (κ1) is 29.1. The number of hydrogen-bond donors (Lipinski definition) is 2. The lowest BCUT2D eigenvalue weighted by atomic mass is 9.81. The predicted molar refractivity (Wildman–Crippen MR) is 130 cm³/mol. The van der Waals surface area contributed by atoms with Crippen molar-refractivity contribution in [3.8, 4) is 0 Å². The fraction of sp³-hybridized carbons (Fsp3) is 0.923. The molecule has 4 nitrogen and oxygen atoms in total. The van der Waals surface area contributed by atoms with Gasteiger partial charge in [0.15, 0.2) is 5.78 Å². The summed E-state index contributed by atoms with van der Waals surface area (Å²) in [5.41, 5.74) is 0.135. The van der Waals surface area contributed by atoms with Gasteiger partial charge < -0.3 is 10.6 Å². The molecule has 0 spiro atoms. The van der Waals surface area contributed by atoms with Crippen LogP contribution < -0.4 is 10.6 Å². The number of carbonyl (C=O) groups is 2. The summed E-state index contributed by atoms with van der Waals surface area (Å²) in [6, 6.07) is -0.394. The first-order chi connectivity index (χ1) is 13.2. The molecule has 0 bridgehead atoms. The van der Waals surface area contributed by atoms with Gasteiger partial charge in [-0.3, -0.25) is 9.59 Å². The van der Waals surface area contributed by atoms with Crippen molar-refractivity contribution in [2.75, 3.05) is 6.54 Å². The Labute approximate surface area is 187 Å². The molecule has 0 aromatic carbocycles. The normalized spacial score (nSPS) is 15.6. The first-order valence-electron chi connectivity index (χ1n) is 11.8. The van der Waals surface area contributed by atoms with Gasteiger partial charge in [-0.2, -0.15) is 0 Å². The maximum absolute atomic E-state index is 13.3. The van der Waals surface area contributed by atoms with Crippen molar-refractivity contribution in [3.05, 3.63) is 0 Å². The van der Waals surface area contributed by atoms with Gasteiger partial charge in [0.2, 0.25) is 5.91 Å².